The monoisotopic (exact) mass is 1910 g/mol. The second-order valence-corrected chi connectivity index (χ2v) is 35.6. The Hall–Kier alpha value is -3.50. The van der Waals surface area contributed by atoms with Crippen molar-refractivity contribution in [1.82, 2.24) is 59.5 Å². The molecule has 0 aliphatic carbocycles. The molecule has 14 nitrogen and oxygen atoms in total. The molecule has 79 heavy (non-hydrogen) atoms. The number of rotatable bonds is 3. The van der Waals surface area contributed by atoms with E-state index in [1.54, 1.807) is 0 Å². The van der Waals surface area contributed by atoms with Crippen LogP contribution in [0.1, 0.15) is 83.1 Å². The predicted octanol–water partition coefficient (Wildman–Crippen LogP) is 17.5. The van der Waals surface area contributed by atoms with Crippen molar-refractivity contribution in [3.63, 3.8) is 0 Å². The fraction of sp³-hybridized carbons (Fsp3) is 0.214. The molecule has 436 valence electrons. The fourth-order valence-corrected chi connectivity index (χ4v) is 6.64. The number of thiocarbonyl (C=S) groups is 2. The Morgan fingerprint density at radius 1 is 0.354 bits per heavy atom. The van der Waals surface area contributed by atoms with E-state index in [1.165, 1.54) is 63.8 Å². The van der Waals surface area contributed by atoms with Crippen molar-refractivity contribution in [3.05, 3.63) is 269 Å². The first kappa shape index (κ1) is 77.6. The predicted molar refractivity (Wildman–Crippen MR) is 342 cm³/mol. The normalized spacial score (nSPS) is 17.5. The van der Waals surface area contributed by atoms with E-state index in [-0.39, 0.29) is 72.2 Å². The minimum atomic E-state index is 0. The summed E-state index contributed by atoms with van der Waals surface area (Å²) < 4.78 is 0. The van der Waals surface area contributed by atoms with Gasteiger partial charge in [0, 0.05) is 71.4 Å². The molecule has 12 aliphatic heterocycles. The van der Waals surface area contributed by atoms with Crippen molar-refractivity contribution in [1.29, 1.82) is 0 Å². The van der Waals surface area contributed by atoms with Crippen molar-refractivity contribution in [2.75, 3.05) is 0 Å². The summed E-state index contributed by atoms with van der Waals surface area (Å²) in [5.41, 5.74) is 7.00. The second-order valence-electron chi connectivity index (χ2n) is 15.3. The fourth-order valence-electron chi connectivity index (χ4n) is 6.64. The molecule has 0 spiro atoms. The summed E-state index contributed by atoms with van der Waals surface area (Å²) in [6.45, 7) is 25.1. The van der Waals surface area contributed by atoms with Crippen LogP contribution in [-0.4, -0.2) is 69.8 Å². The van der Waals surface area contributed by atoms with E-state index in [1.807, 2.05) is 110 Å². The number of hydrazine groups is 3. The molecule has 0 aromatic carbocycles. The van der Waals surface area contributed by atoms with E-state index in [0.717, 1.165) is 0 Å². The van der Waals surface area contributed by atoms with Crippen molar-refractivity contribution in [2.45, 2.75) is 83.1 Å². The third-order valence-electron chi connectivity index (χ3n) is 9.38. The molecule has 0 N–H and O–H groups in total. The van der Waals surface area contributed by atoms with Gasteiger partial charge < -0.3 is 70.3 Å². The Labute approximate surface area is 543 Å². The van der Waals surface area contributed by atoms with Crippen LogP contribution in [0.4, 0.5) is 0 Å². The molecule has 0 atom stereocenters. The molecule has 0 fully saturated rings. The number of hydrogen-bond acceptors (Lipinski definition) is 14. The second kappa shape index (κ2) is 46.0. The number of nitrogens with zero attached hydrogens (tertiary/aromatic N) is 14. The molecule has 0 bridgehead atoms. The molecule has 0 unspecified atom stereocenters. The summed E-state index contributed by atoms with van der Waals surface area (Å²) in [7, 11) is 0. The molecule has 23 heteroatoms. The molecule has 0 saturated heterocycles. The Morgan fingerprint density at radius 3 is 0.570 bits per heavy atom. The van der Waals surface area contributed by atoms with Crippen LogP contribution in [0.5, 0.6) is 0 Å². The summed E-state index contributed by atoms with van der Waals surface area (Å²) in [5, 5.41) is 29.3. The first-order valence-corrected chi connectivity index (χ1v) is 43.9. The van der Waals surface area contributed by atoms with E-state index in [9.17, 15) is 0 Å². The molecular formula is C56H72Br4N14Pt3S2. The van der Waals surface area contributed by atoms with Gasteiger partial charge in [-0.25, -0.2) is 0 Å². The van der Waals surface area contributed by atoms with Gasteiger partial charge in [0.15, 0.2) is 0 Å². The zero-order valence-electron chi connectivity index (χ0n) is 42.4. The quantitative estimate of drug-likeness (QED) is 0.153. The van der Waals surface area contributed by atoms with E-state index in [2.05, 4.69) is 292 Å². The van der Waals surface area contributed by atoms with Crippen LogP contribution < -0.4 is 0 Å². The average Bonchev–Trinajstić information content (AvgIpc) is 4.29. The van der Waals surface area contributed by atoms with Gasteiger partial charge in [-0.2, -0.15) is 10.3 Å². The van der Waals surface area contributed by atoms with Crippen molar-refractivity contribution >= 4 is 87.9 Å². The third kappa shape index (κ3) is 26.1. The van der Waals surface area contributed by atoms with Crippen LogP contribution in [0.25, 0.3) is 10.8 Å². The third-order valence-corrected chi connectivity index (χ3v) is 9.38. The van der Waals surface area contributed by atoms with Gasteiger partial charge in [-0.15, -0.1) is 40.0 Å². The van der Waals surface area contributed by atoms with Crippen molar-refractivity contribution in [3.8, 4) is 0 Å². The molecule has 0 aromatic rings. The average molecular weight is 1910 g/mol. The summed E-state index contributed by atoms with van der Waals surface area (Å²) in [6.07, 6.45) is 65.5. The zero-order chi connectivity index (χ0) is 54.8. The maximum absolute atomic E-state index is 7.13. The number of fused-ring (bicyclic) bond motifs is 6. The Balaban J connectivity index is 0. The molecule has 12 heterocycles. The number of allylic oxidation sites excluding steroid dienone is 18. The topological polar surface area (TPSA) is 83.5 Å². The molecule has 0 saturated carbocycles. The first-order chi connectivity index (χ1) is 36.6. The summed E-state index contributed by atoms with van der Waals surface area (Å²) in [6, 6.07) is 0. The maximum atomic E-state index is 7.13. The van der Waals surface area contributed by atoms with Crippen LogP contribution in [0, 0.1) is 40.0 Å². The standard InChI is InChI=1S/3C14H12N4.3C3H8.2CNS.3CH4.4BrH.3Pt/c3*1-3-7-15-11-17(9-13(15)5-1)18-10-14-6-2-4-8-16(14)12-18;3*1-3-2;2*2-1-3;;;;;;;;;;/h3*1-12H;3*3H2,1-2H3;;;3*1H4;4*1H;;;/q3*-2;;;;2*-1;;;;;;;;3*+4/p-4. The smallest absolute Gasteiger partial charge is 0.753 e. The van der Waals surface area contributed by atoms with E-state index >= 15 is 0 Å². The van der Waals surface area contributed by atoms with Crippen LogP contribution in [0.3, 0.4) is 0 Å². The Morgan fingerprint density at radius 2 is 0.468 bits per heavy atom. The van der Waals surface area contributed by atoms with Crippen molar-refractivity contribution < 1.29 is 50.0 Å². The van der Waals surface area contributed by atoms with Crippen LogP contribution in [0.2, 0.25) is 0 Å². The van der Waals surface area contributed by atoms with Gasteiger partial charge in [0.25, 0.3) is 0 Å². The van der Waals surface area contributed by atoms with Crippen molar-refractivity contribution in [2.24, 2.45) is 0 Å². The maximum Gasteiger partial charge on any atom is 4.00 e. The van der Waals surface area contributed by atoms with E-state index in [0.29, 0.717) is 0 Å². The molecule has 12 aliphatic rings. The molecule has 0 radical (unpaired) electrons. The van der Waals surface area contributed by atoms with Crippen LogP contribution in [0.15, 0.2) is 218 Å². The van der Waals surface area contributed by atoms with Crippen LogP contribution in [-0.2, 0) is 50.0 Å². The summed E-state index contributed by atoms with van der Waals surface area (Å²) >= 11 is 20.5. The summed E-state index contributed by atoms with van der Waals surface area (Å²) in [5.74, 6) is 0. The van der Waals surface area contributed by atoms with Gasteiger partial charge in [0.1, 0.15) is 0 Å². The first-order valence-electron chi connectivity index (χ1n) is 23.2. The van der Waals surface area contributed by atoms with Gasteiger partial charge in [0.2, 0.25) is 0 Å². The molecule has 0 aromatic heterocycles. The zero-order valence-corrected chi connectivity index (χ0v) is 57.2. The summed E-state index contributed by atoms with van der Waals surface area (Å²) in [4.78, 5) is 12.6. The number of halogens is 4. The van der Waals surface area contributed by atoms with Gasteiger partial charge in [-0.05, 0) is 110 Å². The molecule has 12 rings (SSSR count). The minimum absolute atomic E-state index is 0. The number of isothiocyanates is 2. The van der Waals surface area contributed by atoms with Crippen LogP contribution >= 0.6 is 77.6 Å². The molecule has 0 amide bonds. The Bertz CT molecular complexity index is 2060. The minimum Gasteiger partial charge on any atom is -0.753 e. The largest absolute Gasteiger partial charge is 4.00 e. The van der Waals surface area contributed by atoms with Gasteiger partial charge in [-0.1, -0.05) is 144 Å². The van der Waals surface area contributed by atoms with Gasteiger partial charge >= 0.3 is 103 Å². The molecular weight excluding hydrogens is 1840 g/mol. The SMILES string of the molecule is C.C.C.C1=CC2=CN(N3C=C4C=CC=CN4[CH-]3)[CH-]N2C=C1.C1=CC2=CN(N3C=C4C=CC=CN4[CH-]3)[CH-]N2C=C1.C1=CC2=CN(N3C=C4C=CC=CN4[CH-]3)[CH-]N2C=C1.CCC.CCC.CCC.[Br][Pt+2][Br].[Br][Pt+2][Br].[N-]=C=S.[N-]=C=S.[Pt+4]. The van der Waals surface area contributed by atoms with E-state index in [4.69, 9.17) is 10.8 Å². The van der Waals surface area contributed by atoms with E-state index < -0.39 is 0 Å². The Kier molecular flexibility index (Phi) is 45.2. The number of hydrogen-bond donors (Lipinski definition) is 0. The van der Waals surface area contributed by atoms with Gasteiger partial charge in [0.05, 0.1) is 0 Å². The van der Waals surface area contributed by atoms with Gasteiger partial charge in [-0.3, -0.25) is 0 Å².